The molecule has 0 saturated carbocycles. The second-order valence-corrected chi connectivity index (χ2v) is 7.45. The van der Waals surface area contributed by atoms with E-state index in [0.29, 0.717) is 0 Å². The van der Waals surface area contributed by atoms with Gasteiger partial charge in [-0.15, -0.1) is 0 Å². The summed E-state index contributed by atoms with van der Waals surface area (Å²) in [6.07, 6.45) is 0.571. The number of hydrogen-bond donors (Lipinski definition) is 2. The van der Waals surface area contributed by atoms with Gasteiger partial charge in [0.05, 0.1) is 0 Å². The van der Waals surface area contributed by atoms with Gasteiger partial charge in [0.25, 0.3) is 0 Å². The zero-order chi connectivity index (χ0) is 17.1. The number of aliphatic hydroxyl groups is 2. The van der Waals surface area contributed by atoms with E-state index in [4.69, 9.17) is 0 Å². The average molecular weight is 390 g/mol. The zero-order valence-electron chi connectivity index (χ0n) is 13.9. The first kappa shape index (κ1) is 17.6. The van der Waals surface area contributed by atoms with Gasteiger partial charge in [0.1, 0.15) is 12.3 Å². The fraction of sp³-hybridized carbons (Fsp3) is 0.400. The molecule has 0 radical (unpaired) electrons. The molecule has 1 aliphatic rings. The first-order valence-electron chi connectivity index (χ1n) is 8.53. The van der Waals surface area contributed by atoms with E-state index in [2.05, 4.69) is 34.1 Å². The fourth-order valence-corrected chi connectivity index (χ4v) is 3.72. The lowest BCUT2D eigenvalue weighted by Gasteiger charge is -2.31. The van der Waals surface area contributed by atoms with E-state index in [1.807, 2.05) is 42.2 Å². The molecule has 2 aromatic rings. The van der Waals surface area contributed by atoms with Gasteiger partial charge in [0.15, 0.2) is 0 Å². The van der Waals surface area contributed by atoms with Crippen LogP contribution in [0.4, 0.5) is 0 Å². The Kier molecular flexibility index (Phi) is 5.72. The average Bonchev–Trinajstić information content (AvgIpc) is 3.15. The summed E-state index contributed by atoms with van der Waals surface area (Å²) in [5, 5.41) is 21.2. The van der Waals surface area contributed by atoms with Crippen LogP contribution in [0.2, 0.25) is 0 Å². The lowest BCUT2D eigenvalue weighted by Crippen LogP contribution is -2.44. The fourth-order valence-electron chi connectivity index (χ4n) is 3.45. The summed E-state index contributed by atoms with van der Waals surface area (Å²) >= 11 is 3.47. The Hall–Kier alpha value is -1.20. The Labute approximate surface area is 152 Å². The summed E-state index contributed by atoms with van der Waals surface area (Å²) in [5.74, 6) is -0.152. The molecule has 1 heterocycles. The van der Waals surface area contributed by atoms with Gasteiger partial charge >= 0.3 is 0 Å². The van der Waals surface area contributed by atoms with Gasteiger partial charge in [-0.1, -0.05) is 59.3 Å². The standard InChI is InChI=1S/C20H24BrNO2/c1-14(19(23)20(24)22-12-4-5-13-22)17-6-2-3-7-18(17)15-8-10-16(21)11-9-15/h2-3,6-11,14,19-20,23-24H,4-5,12-13H2,1H3. The van der Waals surface area contributed by atoms with Crippen LogP contribution < -0.4 is 0 Å². The molecule has 1 saturated heterocycles. The molecular weight excluding hydrogens is 366 g/mol. The first-order valence-corrected chi connectivity index (χ1v) is 9.32. The Morgan fingerprint density at radius 1 is 0.958 bits per heavy atom. The molecule has 0 bridgehead atoms. The van der Waals surface area contributed by atoms with E-state index in [-0.39, 0.29) is 5.92 Å². The number of benzene rings is 2. The molecular formula is C20H24BrNO2. The van der Waals surface area contributed by atoms with Crippen LogP contribution in [0.5, 0.6) is 0 Å². The number of nitrogens with zero attached hydrogens (tertiary/aromatic N) is 1. The molecule has 0 amide bonds. The second kappa shape index (κ2) is 7.79. The predicted octanol–water partition coefficient (Wildman–Crippen LogP) is 3.99. The van der Waals surface area contributed by atoms with E-state index in [9.17, 15) is 10.2 Å². The van der Waals surface area contributed by atoms with Crippen molar-refractivity contribution >= 4 is 15.9 Å². The first-order chi connectivity index (χ1) is 11.6. The lowest BCUT2D eigenvalue weighted by molar-refractivity contribution is -0.0817. The van der Waals surface area contributed by atoms with Gasteiger partial charge in [0.2, 0.25) is 0 Å². The van der Waals surface area contributed by atoms with Gasteiger partial charge in [-0.25, -0.2) is 0 Å². The minimum absolute atomic E-state index is 0.152. The molecule has 2 N–H and O–H groups in total. The molecule has 3 rings (SSSR count). The second-order valence-electron chi connectivity index (χ2n) is 6.53. The molecule has 0 aromatic heterocycles. The van der Waals surface area contributed by atoms with Crippen LogP contribution >= 0.6 is 15.9 Å². The SMILES string of the molecule is CC(c1ccccc1-c1ccc(Br)cc1)C(O)C(O)N1CCCC1. The normalized spacial score (nSPS) is 19.2. The summed E-state index contributed by atoms with van der Waals surface area (Å²) in [4.78, 5) is 1.98. The summed E-state index contributed by atoms with van der Waals surface area (Å²) in [5.41, 5.74) is 3.28. The van der Waals surface area contributed by atoms with Crippen LogP contribution in [0, 0.1) is 0 Å². The van der Waals surface area contributed by atoms with Crippen LogP contribution in [0.25, 0.3) is 11.1 Å². The smallest absolute Gasteiger partial charge is 0.134 e. The Morgan fingerprint density at radius 2 is 1.58 bits per heavy atom. The monoisotopic (exact) mass is 389 g/mol. The highest BCUT2D eigenvalue weighted by Gasteiger charge is 2.31. The van der Waals surface area contributed by atoms with Crippen molar-refractivity contribution < 1.29 is 10.2 Å². The molecule has 0 aliphatic carbocycles. The quantitative estimate of drug-likeness (QED) is 0.811. The maximum absolute atomic E-state index is 10.7. The summed E-state index contributed by atoms with van der Waals surface area (Å²) in [6.45, 7) is 3.71. The van der Waals surface area contributed by atoms with Gasteiger partial charge in [-0.05, 0) is 41.7 Å². The Balaban J connectivity index is 1.86. The number of hydrogen-bond acceptors (Lipinski definition) is 3. The molecule has 1 aliphatic heterocycles. The zero-order valence-corrected chi connectivity index (χ0v) is 15.5. The number of rotatable bonds is 5. The highest BCUT2D eigenvalue weighted by Crippen LogP contribution is 2.33. The van der Waals surface area contributed by atoms with Crippen molar-refractivity contribution in [1.29, 1.82) is 0 Å². The summed E-state index contributed by atoms with van der Waals surface area (Å²) in [7, 11) is 0. The van der Waals surface area contributed by atoms with Crippen LogP contribution in [0.15, 0.2) is 53.0 Å². The van der Waals surface area contributed by atoms with Crippen molar-refractivity contribution in [2.45, 2.75) is 38.0 Å². The van der Waals surface area contributed by atoms with Gasteiger partial charge in [0, 0.05) is 23.5 Å². The van der Waals surface area contributed by atoms with Gasteiger partial charge in [-0.3, -0.25) is 4.90 Å². The van der Waals surface area contributed by atoms with Crippen molar-refractivity contribution in [3.63, 3.8) is 0 Å². The van der Waals surface area contributed by atoms with Gasteiger partial charge in [-0.2, -0.15) is 0 Å². The lowest BCUT2D eigenvalue weighted by atomic mass is 9.87. The molecule has 3 unspecified atom stereocenters. The maximum atomic E-state index is 10.7. The highest BCUT2D eigenvalue weighted by atomic mass is 79.9. The number of aliphatic hydroxyl groups excluding tert-OH is 2. The minimum atomic E-state index is -0.806. The molecule has 3 nitrogen and oxygen atoms in total. The minimum Gasteiger partial charge on any atom is -0.388 e. The number of likely N-dealkylation sites (tertiary alicyclic amines) is 1. The van der Waals surface area contributed by atoms with E-state index in [1.54, 1.807) is 0 Å². The van der Waals surface area contributed by atoms with Crippen molar-refractivity contribution in [3.8, 4) is 11.1 Å². The van der Waals surface area contributed by atoms with Crippen molar-refractivity contribution in [3.05, 3.63) is 58.6 Å². The van der Waals surface area contributed by atoms with Crippen molar-refractivity contribution in [1.82, 2.24) is 4.90 Å². The summed E-state index contributed by atoms with van der Waals surface area (Å²) < 4.78 is 1.04. The predicted molar refractivity (Wildman–Crippen MR) is 101 cm³/mol. The maximum Gasteiger partial charge on any atom is 0.134 e. The topological polar surface area (TPSA) is 43.7 Å². The molecule has 3 atom stereocenters. The van der Waals surface area contributed by atoms with Gasteiger partial charge < -0.3 is 10.2 Å². The summed E-state index contributed by atoms with van der Waals surface area (Å²) in [6, 6.07) is 16.3. The van der Waals surface area contributed by atoms with E-state index >= 15 is 0 Å². The largest absolute Gasteiger partial charge is 0.388 e. The van der Waals surface area contributed by atoms with Crippen LogP contribution in [0.1, 0.15) is 31.2 Å². The molecule has 2 aromatic carbocycles. The van der Waals surface area contributed by atoms with Crippen molar-refractivity contribution in [2.75, 3.05) is 13.1 Å². The Morgan fingerprint density at radius 3 is 2.25 bits per heavy atom. The Bertz CT molecular complexity index is 668. The molecule has 1 fully saturated rings. The van der Waals surface area contributed by atoms with Crippen LogP contribution in [0.3, 0.4) is 0 Å². The van der Waals surface area contributed by atoms with E-state index < -0.39 is 12.3 Å². The third kappa shape index (κ3) is 3.72. The molecule has 4 heteroatoms. The molecule has 128 valence electrons. The number of halogens is 1. The molecule has 0 spiro atoms. The third-order valence-electron chi connectivity index (χ3n) is 4.94. The van der Waals surface area contributed by atoms with Crippen LogP contribution in [-0.2, 0) is 0 Å². The van der Waals surface area contributed by atoms with Crippen LogP contribution in [-0.4, -0.2) is 40.5 Å². The third-order valence-corrected chi connectivity index (χ3v) is 5.47. The highest BCUT2D eigenvalue weighted by molar-refractivity contribution is 9.10. The van der Waals surface area contributed by atoms with Crippen molar-refractivity contribution in [2.24, 2.45) is 0 Å². The molecule has 24 heavy (non-hydrogen) atoms. The van der Waals surface area contributed by atoms with E-state index in [1.165, 1.54) is 0 Å². The van der Waals surface area contributed by atoms with E-state index in [0.717, 1.165) is 47.1 Å².